The van der Waals surface area contributed by atoms with Gasteiger partial charge in [-0.05, 0) is 31.0 Å². The molecule has 6 nitrogen and oxygen atoms in total. The van der Waals surface area contributed by atoms with E-state index in [4.69, 9.17) is 9.47 Å². The highest BCUT2D eigenvalue weighted by Gasteiger charge is 2.24. The average Bonchev–Trinajstić information content (AvgIpc) is 3.21. The number of hydrogen-bond donors (Lipinski definition) is 1. The molecule has 1 aliphatic rings. The van der Waals surface area contributed by atoms with Crippen LogP contribution in [0.25, 0.3) is 0 Å². The fraction of sp³-hybridized carbons (Fsp3) is 0.529. The van der Waals surface area contributed by atoms with Gasteiger partial charge < -0.3 is 14.8 Å². The van der Waals surface area contributed by atoms with Gasteiger partial charge in [0.1, 0.15) is 12.7 Å². The molecule has 0 radical (unpaired) electrons. The van der Waals surface area contributed by atoms with Gasteiger partial charge >= 0.3 is 0 Å². The molecular weight excluding hydrogens is 292 g/mol. The largest absolute Gasteiger partial charge is 0.454 e. The Hall–Kier alpha value is -2.08. The Morgan fingerprint density at radius 2 is 2.13 bits per heavy atom. The molecule has 0 saturated carbocycles. The van der Waals surface area contributed by atoms with E-state index in [1.54, 1.807) is 12.7 Å². The van der Waals surface area contributed by atoms with E-state index in [0.717, 1.165) is 31.0 Å². The fourth-order valence-corrected chi connectivity index (χ4v) is 2.63. The minimum absolute atomic E-state index is 0.0164. The molecule has 2 aromatic rings. The second kappa shape index (κ2) is 6.58. The number of benzene rings is 1. The van der Waals surface area contributed by atoms with E-state index in [9.17, 15) is 0 Å². The predicted octanol–water partition coefficient (Wildman–Crippen LogP) is 2.35. The van der Waals surface area contributed by atoms with Crippen molar-refractivity contribution >= 4 is 0 Å². The van der Waals surface area contributed by atoms with Crippen molar-refractivity contribution in [2.75, 3.05) is 13.3 Å². The Bertz CT molecular complexity index is 640. The number of aromatic nitrogens is 3. The maximum Gasteiger partial charge on any atom is 0.231 e. The maximum atomic E-state index is 5.48. The fourth-order valence-electron chi connectivity index (χ4n) is 2.63. The van der Waals surface area contributed by atoms with Crippen LogP contribution in [-0.2, 0) is 12.0 Å². The molecule has 0 unspecified atom stereocenters. The van der Waals surface area contributed by atoms with Crippen LogP contribution in [-0.4, -0.2) is 34.1 Å². The van der Waals surface area contributed by atoms with E-state index in [-0.39, 0.29) is 5.41 Å². The third-order valence-electron chi connectivity index (χ3n) is 4.30. The summed E-state index contributed by atoms with van der Waals surface area (Å²) in [5, 5.41) is 7.75. The van der Waals surface area contributed by atoms with Crippen LogP contribution in [0.1, 0.15) is 32.8 Å². The molecule has 0 fully saturated rings. The minimum atomic E-state index is 0.0164. The third kappa shape index (κ3) is 3.82. The standard InChI is InChI=1S/C17H24N4O2/c1-13(6-7-21-11-18-10-20-21)19-9-17(2,3)14-4-5-15-16(8-14)23-12-22-15/h4-5,8,10-11,13,19H,6-7,9,12H2,1-3H3/t13-/m0/s1. The van der Waals surface area contributed by atoms with Gasteiger partial charge in [-0.2, -0.15) is 5.10 Å². The Morgan fingerprint density at radius 1 is 1.30 bits per heavy atom. The summed E-state index contributed by atoms with van der Waals surface area (Å²) in [4.78, 5) is 3.96. The van der Waals surface area contributed by atoms with E-state index >= 15 is 0 Å². The van der Waals surface area contributed by atoms with E-state index in [1.165, 1.54) is 5.56 Å². The van der Waals surface area contributed by atoms with Crippen molar-refractivity contribution in [2.45, 2.75) is 45.2 Å². The first-order chi connectivity index (χ1) is 11.0. The molecule has 6 heteroatoms. The summed E-state index contributed by atoms with van der Waals surface area (Å²) in [5.74, 6) is 1.67. The molecule has 0 saturated heterocycles. The van der Waals surface area contributed by atoms with Crippen molar-refractivity contribution in [3.63, 3.8) is 0 Å². The Kier molecular flexibility index (Phi) is 4.52. The van der Waals surface area contributed by atoms with Crippen LogP contribution >= 0.6 is 0 Å². The number of nitrogens with one attached hydrogen (secondary N) is 1. The second-order valence-electron chi connectivity index (χ2n) is 6.68. The first-order valence-electron chi connectivity index (χ1n) is 8.00. The molecule has 1 aromatic carbocycles. The smallest absolute Gasteiger partial charge is 0.231 e. The van der Waals surface area contributed by atoms with Gasteiger partial charge in [-0.3, -0.25) is 4.68 Å². The lowest BCUT2D eigenvalue weighted by molar-refractivity contribution is 0.174. The Morgan fingerprint density at radius 3 is 2.91 bits per heavy atom. The Balaban J connectivity index is 1.53. The molecule has 0 amide bonds. The van der Waals surface area contributed by atoms with Crippen LogP contribution in [0.2, 0.25) is 0 Å². The lowest BCUT2D eigenvalue weighted by Crippen LogP contribution is -2.38. The van der Waals surface area contributed by atoms with Crippen LogP contribution in [0.15, 0.2) is 30.9 Å². The summed E-state index contributed by atoms with van der Waals surface area (Å²) in [6.07, 6.45) is 4.34. The number of rotatable bonds is 7. The van der Waals surface area contributed by atoms with Crippen molar-refractivity contribution < 1.29 is 9.47 Å². The van der Waals surface area contributed by atoms with Gasteiger partial charge in [-0.15, -0.1) is 0 Å². The van der Waals surface area contributed by atoms with Crippen LogP contribution < -0.4 is 14.8 Å². The molecule has 0 spiro atoms. The number of aryl methyl sites for hydroxylation is 1. The van der Waals surface area contributed by atoms with E-state index in [1.807, 2.05) is 10.7 Å². The predicted molar refractivity (Wildman–Crippen MR) is 87.7 cm³/mol. The number of ether oxygens (including phenoxy) is 2. The Labute approximate surface area is 136 Å². The van der Waals surface area contributed by atoms with Gasteiger partial charge in [0.25, 0.3) is 0 Å². The highest BCUT2D eigenvalue weighted by Crippen LogP contribution is 2.36. The lowest BCUT2D eigenvalue weighted by atomic mass is 9.84. The zero-order chi connectivity index (χ0) is 16.3. The normalized spacial score (nSPS) is 14.9. The molecule has 124 valence electrons. The summed E-state index contributed by atoms with van der Waals surface area (Å²) in [5.41, 5.74) is 1.26. The molecule has 23 heavy (non-hydrogen) atoms. The van der Waals surface area contributed by atoms with Gasteiger partial charge in [0, 0.05) is 24.5 Å². The number of hydrogen-bond acceptors (Lipinski definition) is 5. The summed E-state index contributed by atoms with van der Waals surface area (Å²) in [6, 6.07) is 6.61. The quantitative estimate of drug-likeness (QED) is 0.849. The first kappa shape index (κ1) is 15.8. The molecule has 1 N–H and O–H groups in total. The first-order valence-corrected chi connectivity index (χ1v) is 8.00. The molecule has 0 bridgehead atoms. The third-order valence-corrected chi connectivity index (χ3v) is 4.30. The van der Waals surface area contributed by atoms with E-state index in [0.29, 0.717) is 12.8 Å². The minimum Gasteiger partial charge on any atom is -0.454 e. The van der Waals surface area contributed by atoms with E-state index < -0.39 is 0 Å². The van der Waals surface area contributed by atoms with Gasteiger partial charge in [-0.1, -0.05) is 19.9 Å². The number of fused-ring (bicyclic) bond motifs is 1. The highest BCUT2D eigenvalue weighted by atomic mass is 16.7. The van der Waals surface area contributed by atoms with Crippen LogP contribution in [0.3, 0.4) is 0 Å². The topological polar surface area (TPSA) is 61.2 Å². The highest BCUT2D eigenvalue weighted by molar-refractivity contribution is 5.46. The monoisotopic (exact) mass is 316 g/mol. The van der Waals surface area contributed by atoms with Crippen molar-refractivity contribution in [1.82, 2.24) is 20.1 Å². The van der Waals surface area contributed by atoms with Crippen molar-refractivity contribution in [3.8, 4) is 11.5 Å². The summed E-state index contributed by atoms with van der Waals surface area (Å²) in [7, 11) is 0. The van der Waals surface area contributed by atoms with Crippen molar-refractivity contribution in [3.05, 3.63) is 36.4 Å². The molecule has 1 atom stereocenters. The maximum absolute atomic E-state index is 5.48. The summed E-state index contributed by atoms with van der Waals surface area (Å²) < 4.78 is 12.7. The SMILES string of the molecule is C[C@@H](CCn1cncn1)NCC(C)(C)c1ccc2c(c1)OCO2. The van der Waals surface area contributed by atoms with Crippen molar-refractivity contribution in [2.24, 2.45) is 0 Å². The van der Waals surface area contributed by atoms with Crippen molar-refractivity contribution in [1.29, 1.82) is 0 Å². The zero-order valence-corrected chi connectivity index (χ0v) is 14.0. The van der Waals surface area contributed by atoms with Gasteiger partial charge in [-0.25, -0.2) is 4.98 Å². The molecule has 0 aliphatic carbocycles. The summed E-state index contributed by atoms with van der Waals surface area (Å²) in [6.45, 7) is 8.76. The molecule has 2 heterocycles. The van der Waals surface area contributed by atoms with Crippen LogP contribution in [0.5, 0.6) is 11.5 Å². The molecule has 1 aliphatic heterocycles. The molecule has 1 aromatic heterocycles. The van der Waals surface area contributed by atoms with Gasteiger partial charge in [0.05, 0.1) is 0 Å². The number of nitrogens with zero attached hydrogens (tertiary/aromatic N) is 3. The molecular formula is C17H24N4O2. The van der Waals surface area contributed by atoms with Gasteiger partial charge in [0.2, 0.25) is 6.79 Å². The summed E-state index contributed by atoms with van der Waals surface area (Å²) >= 11 is 0. The average molecular weight is 316 g/mol. The van der Waals surface area contributed by atoms with Gasteiger partial charge in [0.15, 0.2) is 11.5 Å². The lowest BCUT2D eigenvalue weighted by Gasteiger charge is -2.28. The van der Waals surface area contributed by atoms with Crippen LogP contribution in [0.4, 0.5) is 0 Å². The molecule has 3 rings (SSSR count). The second-order valence-corrected chi connectivity index (χ2v) is 6.68. The van der Waals surface area contributed by atoms with E-state index in [2.05, 4.69) is 48.3 Å². The zero-order valence-electron chi connectivity index (χ0n) is 14.0. The van der Waals surface area contributed by atoms with Crippen LogP contribution in [0, 0.1) is 0 Å².